The molecular weight excluding hydrogens is 407 g/mol. The fourth-order valence-corrected chi connectivity index (χ4v) is 4.65. The third-order valence-corrected chi connectivity index (χ3v) is 6.15. The summed E-state index contributed by atoms with van der Waals surface area (Å²) in [6.45, 7) is 4.26. The predicted molar refractivity (Wildman–Crippen MR) is 114 cm³/mol. The Labute approximate surface area is 179 Å². The fourth-order valence-electron chi connectivity index (χ4n) is 4.65. The van der Waals surface area contributed by atoms with Crippen LogP contribution in [0.2, 0.25) is 0 Å². The number of hydrogen-bond acceptors (Lipinski definition) is 4. The van der Waals surface area contributed by atoms with Crippen molar-refractivity contribution >= 4 is 17.3 Å². The lowest BCUT2D eigenvalue weighted by molar-refractivity contribution is -0.137. The molecule has 2 atom stereocenters. The number of ether oxygens (including phenoxy) is 1. The first-order valence-electron chi connectivity index (χ1n) is 10.4. The number of halogens is 3. The maximum absolute atomic E-state index is 13.3. The van der Waals surface area contributed by atoms with Crippen LogP contribution in [-0.4, -0.2) is 45.2 Å². The van der Waals surface area contributed by atoms with E-state index in [1.54, 1.807) is 13.2 Å². The molecule has 0 bridgehead atoms. The molecule has 1 amide bonds. The van der Waals surface area contributed by atoms with E-state index in [0.29, 0.717) is 31.7 Å². The second-order valence-electron chi connectivity index (χ2n) is 7.95. The van der Waals surface area contributed by atoms with Crippen LogP contribution < -0.4 is 19.9 Å². The molecule has 0 aliphatic carbocycles. The standard InChI is InChI=1S/C23H26F3N3O2/c1-3-27-22(30)19-12-15-11-16(23(24,25)26)7-8-20(15)29-10-9-28(14-21(19)29)17-5-4-6-18(13-17)31-2/h4-8,11,13,19,21H,3,9-10,12,14H2,1-2H3,(H,27,30). The Kier molecular flexibility index (Phi) is 5.73. The first-order chi connectivity index (χ1) is 14.8. The number of piperazine rings is 1. The SMILES string of the molecule is CCNC(=O)C1Cc2cc(C(F)(F)F)ccc2N2CCN(c3cccc(OC)c3)CC12. The monoisotopic (exact) mass is 433 g/mol. The smallest absolute Gasteiger partial charge is 0.416 e. The Morgan fingerprint density at radius 2 is 2.00 bits per heavy atom. The van der Waals surface area contributed by atoms with Crippen LogP contribution in [0.5, 0.6) is 5.75 Å². The number of methoxy groups -OCH3 is 1. The van der Waals surface area contributed by atoms with Crippen molar-refractivity contribution in [3.05, 3.63) is 53.6 Å². The Morgan fingerprint density at radius 1 is 1.19 bits per heavy atom. The highest BCUT2D eigenvalue weighted by molar-refractivity contribution is 5.82. The van der Waals surface area contributed by atoms with Crippen LogP contribution in [0.4, 0.5) is 24.5 Å². The summed E-state index contributed by atoms with van der Waals surface area (Å²) in [5, 5.41) is 2.87. The summed E-state index contributed by atoms with van der Waals surface area (Å²) in [7, 11) is 1.62. The lowest BCUT2D eigenvalue weighted by Crippen LogP contribution is -2.61. The summed E-state index contributed by atoms with van der Waals surface area (Å²) in [5.74, 6) is 0.214. The van der Waals surface area contributed by atoms with E-state index in [2.05, 4.69) is 15.1 Å². The highest BCUT2D eigenvalue weighted by Gasteiger charge is 2.42. The van der Waals surface area contributed by atoms with E-state index >= 15 is 0 Å². The van der Waals surface area contributed by atoms with Gasteiger partial charge in [0.05, 0.1) is 24.6 Å². The summed E-state index contributed by atoms with van der Waals surface area (Å²) >= 11 is 0. The van der Waals surface area contributed by atoms with Gasteiger partial charge < -0.3 is 19.9 Å². The van der Waals surface area contributed by atoms with Gasteiger partial charge in [-0.25, -0.2) is 0 Å². The Balaban J connectivity index is 1.68. The average molecular weight is 433 g/mol. The van der Waals surface area contributed by atoms with Gasteiger partial charge in [-0.15, -0.1) is 0 Å². The van der Waals surface area contributed by atoms with Gasteiger partial charge in [0.2, 0.25) is 5.91 Å². The Hall–Kier alpha value is -2.90. The topological polar surface area (TPSA) is 44.8 Å². The minimum Gasteiger partial charge on any atom is -0.497 e. The maximum Gasteiger partial charge on any atom is 0.416 e. The van der Waals surface area contributed by atoms with Crippen LogP contribution in [-0.2, 0) is 17.4 Å². The number of nitrogens with one attached hydrogen (secondary N) is 1. The fraction of sp³-hybridized carbons (Fsp3) is 0.435. The Bertz CT molecular complexity index is 963. The van der Waals surface area contributed by atoms with Gasteiger partial charge >= 0.3 is 6.18 Å². The van der Waals surface area contributed by atoms with Gasteiger partial charge in [0.1, 0.15) is 5.75 Å². The summed E-state index contributed by atoms with van der Waals surface area (Å²) in [5.41, 5.74) is 1.71. The molecule has 4 rings (SSSR count). The first-order valence-corrected chi connectivity index (χ1v) is 10.4. The molecule has 0 radical (unpaired) electrons. The summed E-state index contributed by atoms with van der Waals surface area (Å²) in [6.07, 6.45) is -4.11. The molecule has 1 saturated heterocycles. The molecule has 166 valence electrons. The van der Waals surface area contributed by atoms with Crippen molar-refractivity contribution in [2.45, 2.75) is 25.6 Å². The van der Waals surface area contributed by atoms with E-state index in [0.717, 1.165) is 23.2 Å². The molecule has 2 unspecified atom stereocenters. The molecule has 8 heteroatoms. The van der Waals surface area contributed by atoms with E-state index in [9.17, 15) is 18.0 Å². The molecule has 2 aromatic carbocycles. The summed E-state index contributed by atoms with van der Waals surface area (Å²) in [6, 6.07) is 11.5. The van der Waals surface area contributed by atoms with E-state index < -0.39 is 17.7 Å². The number of nitrogens with zero attached hydrogens (tertiary/aromatic N) is 2. The highest BCUT2D eigenvalue weighted by Crippen LogP contribution is 2.40. The van der Waals surface area contributed by atoms with Gasteiger partial charge in [0, 0.05) is 43.6 Å². The largest absolute Gasteiger partial charge is 0.497 e. The highest BCUT2D eigenvalue weighted by atomic mass is 19.4. The molecule has 1 fully saturated rings. The van der Waals surface area contributed by atoms with Gasteiger partial charge in [-0.1, -0.05) is 6.07 Å². The molecule has 1 N–H and O–H groups in total. The normalized spacial score (nSPS) is 20.7. The molecule has 0 aromatic heterocycles. The van der Waals surface area contributed by atoms with Gasteiger partial charge in [-0.05, 0) is 49.2 Å². The number of carbonyl (C=O) groups is 1. The third-order valence-electron chi connectivity index (χ3n) is 6.15. The van der Waals surface area contributed by atoms with Crippen molar-refractivity contribution in [3.8, 4) is 5.75 Å². The summed E-state index contributed by atoms with van der Waals surface area (Å²) < 4.78 is 45.1. The lowest BCUT2D eigenvalue weighted by atomic mass is 9.82. The zero-order valence-corrected chi connectivity index (χ0v) is 17.6. The third kappa shape index (κ3) is 4.16. The van der Waals surface area contributed by atoms with Crippen molar-refractivity contribution in [3.63, 3.8) is 0 Å². The van der Waals surface area contributed by atoms with Crippen LogP contribution in [0.3, 0.4) is 0 Å². The van der Waals surface area contributed by atoms with Crippen molar-refractivity contribution in [2.75, 3.05) is 43.1 Å². The van der Waals surface area contributed by atoms with Crippen LogP contribution in [0.15, 0.2) is 42.5 Å². The van der Waals surface area contributed by atoms with E-state index in [1.807, 2.05) is 31.2 Å². The van der Waals surface area contributed by atoms with Gasteiger partial charge in [0.15, 0.2) is 0 Å². The minimum atomic E-state index is -4.40. The number of alkyl halides is 3. The lowest BCUT2D eigenvalue weighted by Gasteiger charge is -2.49. The second kappa shape index (κ2) is 8.32. The molecule has 2 heterocycles. The van der Waals surface area contributed by atoms with Crippen molar-refractivity contribution in [1.82, 2.24) is 5.32 Å². The minimum absolute atomic E-state index is 0.118. The molecule has 2 aromatic rings. The number of hydrogen-bond donors (Lipinski definition) is 1. The molecular formula is C23H26F3N3O2. The molecule has 5 nitrogen and oxygen atoms in total. The number of anilines is 2. The number of rotatable bonds is 4. The van der Waals surface area contributed by atoms with E-state index in [-0.39, 0.29) is 18.4 Å². The van der Waals surface area contributed by atoms with Crippen molar-refractivity contribution in [2.24, 2.45) is 5.92 Å². The zero-order valence-electron chi connectivity index (χ0n) is 17.6. The van der Waals surface area contributed by atoms with E-state index in [1.165, 1.54) is 6.07 Å². The average Bonchev–Trinajstić information content (AvgIpc) is 2.77. The maximum atomic E-state index is 13.3. The zero-order chi connectivity index (χ0) is 22.2. The molecule has 0 spiro atoms. The van der Waals surface area contributed by atoms with Crippen LogP contribution in [0.25, 0.3) is 0 Å². The van der Waals surface area contributed by atoms with Crippen LogP contribution in [0, 0.1) is 5.92 Å². The second-order valence-corrected chi connectivity index (χ2v) is 7.95. The number of benzene rings is 2. The molecule has 0 saturated carbocycles. The van der Waals surface area contributed by atoms with Gasteiger partial charge in [-0.3, -0.25) is 4.79 Å². The van der Waals surface area contributed by atoms with E-state index in [4.69, 9.17) is 4.74 Å². The Morgan fingerprint density at radius 3 is 2.71 bits per heavy atom. The molecule has 31 heavy (non-hydrogen) atoms. The number of carbonyl (C=O) groups excluding carboxylic acids is 1. The van der Waals surface area contributed by atoms with Crippen LogP contribution >= 0.6 is 0 Å². The summed E-state index contributed by atoms with van der Waals surface area (Å²) in [4.78, 5) is 17.2. The predicted octanol–water partition coefficient (Wildman–Crippen LogP) is 3.72. The number of amides is 1. The molecule has 2 aliphatic rings. The number of fused-ring (bicyclic) bond motifs is 3. The van der Waals surface area contributed by atoms with Crippen molar-refractivity contribution in [1.29, 1.82) is 0 Å². The van der Waals surface area contributed by atoms with Gasteiger partial charge in [-0.2, -0.15) is 13.2 Å². The molecule has 2 aliphatic heterocycles. The van der Waals surface area contributed by atoms with Gasteiger partial charge in [0.25, 0.3) is 0 Å². The van der Waals surface area contributed by atoms with Crippen LogP contribution in [0.1, 0.15) is 18.1 Å². The first kappa shape index (κ1) is 21.3. The quantitative estimate of drug-likeness (QED) is 0.799. The van der Waals surface area contributed by atoms with Crippen molar-refractivity contribution < 1.29 is 22.7 Å².